The zero-order chi connectivity index (χ0) is 7.72. The molecule has 1 fully saturated rings. The molecule has 1 rings (SSSR count). The van der Waals surface area contributed by atoms with Crippen molar-refractivity contribution in [1.82, 2.24) is 0 Å². The Bertz CT molecular complexity index is 123. The van der Waals surface area contributed by atoms with Crippen molar-refractivity contribution in [2.45, 2.75) is 24.4 Å². The van der Waals surface area contributed by atoms with Gasteiger partial charge in [-0.15, -0.1) is 0 Å². The lowest BCUT2D eigenvalue weighted by atomic mass is 9.94. The monoisotopic (exact) mass is 148 g/mol. The first kappa shape index (κ1) is 7.98. The normalized spacial score (nSPS) is 47.9. The van der Waals surface area contributed by atoms with Crippen LogP contribution in [0.4, 0.5) is 4.39 Å². The molecule has 1 aliphatic heterocycles. The number of halogens is 1. The maximum atomic E-state index is 12.7. The number of ether oxygens (including phenoxy) is 1. The van der Waals surface area contributed by atoms with Gasteiger partial charge in [0.1, 0.15) is 20.1 Å². The zero-order valence-electron chi connectivity index (χ0n) is 5.70. The van der Waals surface area contributed by atoms with Crippen molar-refractivity contribution in [2.75, 3.05) is 6.61 Å². The zero-order valence-corrected chi connectivity index (χ0v) is 5.70. The van der Waals surface area contributed by atoms with Gasteiger partial charge < -0.3 is 14.9 Å². The van der Waals surface area contributed by atoms with Crippen LogP contribution in [-0.4, -0.2) is 49.0 Å². The molecular weight excluding hydrogens is 138 g/mol. The summed E-state index contributed by atoms with van der Waals surface area (Å²) in [5.74, 6) is 0. The van der Waals surface area contributed by atoms with Gasteiger partial charge in [0.2, 0.25) is 0 Å². The van der Waals surface area contributed by atoms with Crippen molar-refractivity contribution in [1.29, 1.82) is 0 Å². The molecular formula is C5H10BFO3. The number of hydrogen-bond donors (Lipinski definition) is 2. The second-order valence-electron chi connectivity index (χ2n) is 2.50. The highest BCUT2D eigenvalue weighted by Crippen LogP contribution is 2.21. The molecule has 0 bridgehead atoms. The van der Waals surface area contributed by atoms with Crippen molar-refractivity contribution in [3.8, 4) is 0 Å². The van der Waals surface area contributed by atoms with Crippen LogP contribution in [0.15, 0.2) is 0 Å². The van der Waals surface area contributed by atoms with Crippen molar-refractivity contribution in [3.63, 3.8) is 0 Å². The van der Waals surface area contributed by atoms with E-state index < -0.39 is 24.4 Å². The van der Waals surface area contributed by atoms with Gasteiger partial charge in [0.25, 0.3) is 0 Å². The molecule has 1 heterocycles. The van der Waals surface area contributed by atoms with Crippen LogP contribution in [0.2, 0.25) is 0 Å². The standard InChI is InChI=1S/C5H10BFO3/c6-5-4(9)3(7)2(1-8)10-5/h2-5,8-9H,1,6H2/t2-,3-,4?,5-/m1/s1. The highest BCUT2D eigenvalue weighted by atomic mass is 19.1. The maximum absolute atomic E-state index is 12.7. The van der Waals surface area contributed by atoms with Crippen LogP contribution in [0.3, 0.4) is 0 Å². The Balaban J connectivity index is 2.53. The summed E-state index contributed by atoms with van der Waals surface area (Å²) >= 11 is 0. The van der Waals surface area contributed by atoms with E-state index in [4.69, 9.17) is 14.9 Å². The molecule has 1 unspecified atom stereocenters. The van der Waals surface area contributed by atoms with Gasteiger partial charge in [0.15, 0.2) is 6.17 Å². The third-order valence-electron chi connectivity index (χ3n) is 1.73. The van der Waals surface area contributed by atoms with Crippen LogP contribution in [0.1, 0.15) is 0 Å². The first-order valence-corrected chi connectivity index (χ1v) is 3.25. The predicted octanol–water partition coefficient (Wildman–Crippen LogP) is -1.96. The smallest absolute Gasteiger partial charge is 0.156 e. The summed E-state index contributed by atoms with van der Waals surface area (Å²) in [6, 6.07) is -0.507. The third-order valence-corrected chi connectivity index (χ3v) is 1.73. The van der Waals surface area contributed by atoms with Crippen LogP contribution >= 0.6 is 0 Å². The maximum Gasteiger partial charge on any atom is 0.156 e. The molecule has 0 aromatic carbocycles. The number of aliphatic hydroxyl groups excluding tert-OH is 2. The lowest BCUT2D eigenvalue weighted by Gasteiger charge is -2.07. The Morgan fingerprint density at radius 3 is 2.40 bits per heavy atom. The van der Waals surface area contributed by atoms with E-state index in [9.17, 15) is 4.39 Å². The summed E-state index contributed by atoms with van der Waals surface area (Å²) in [6.45, 7) is -0.372. The Hall–Kier alpha value is -0.125. The lowest BCUT2D eigenvalue weighted by molar-refractivity contribution is 0.0184. The van der Waals surface area contributed by atoms with Crippen molar-refractivity contribution in [2.24, 2.45) is 0 Å². The molecule has 0 aromatic heterocycles. The minimum absolute atomic E-state index is 0.372. The molecule has 0 radical (unpaired) electrons. The van der Waals surface area contributed by atoms with E-state index in [-0.39, 0.29) is 6.61 Å². The van der Waals surface area contributed by atoms with Gasteiger partial charge in [-0.25, -0.2) is 4.39 Å². The molecule has 58 valence electrons. The predicted molar refractivity (Wildman–Crippen MR) is 35.2 cm³/mol. The largest absolute Gasteiger partial charge is 0.394 e. The summed E-state index contributed by atoms with van der Waals surface area (Å²) in [7, 11) is 1.58. The third kappa shape index (κ3) is 1.16. The Labute approximate surface area is 59.2 Å². The molecule has 0 spiro atoms. The quantitative estimate of drug-likeness (QED) is 0.424. The van der Waals surface area contributed by atoms with E-state index in [1.165, 1.54) is 0 Å². The number of rotatable bonds is 1. The van der Waals surface area contributed by atoms with Gasteiger partial charge in [0, 0.05) is 0 Å². The second-order valence-corrected chi connectivity index (χ2v) is 2.50. The molecule has 2 N–H and O–H groups in total. The van der Waals surface area contributed by atoms with Gasteiger partial charge in [-0.2, -0.15) is 0 Å². The van der Waals surface area contributed by atoms with Gasteiger partial charge in [-0.1, -0.05) is 0 Å². The second kappa shape index (κ2) is 2.86. The fourth-order valence-electron chi connectivity index (χ4n) is 1.05. The molecule has 1 saturated heterocycles. The minimum Gasteiger partial charge on any atom is -0.394 e. The molecule has 3 nitrogen and oxygen atoms in total. The Morgan fingerprint density at radius 2 is 2.20 bits per heavy atom. The van der Waals surface area contributed by atoms with Gasteiger partial charge >= 0.3 is 0 Å². The summed E-state index contributed by atoms with van der Waals surface area (Å²) in [6.07, 6.45) is -3.37. The Morgan fingerprint density at radius 1 is 1.60 bits per heavy atom. The van der Waals surface area contributed by atoms with E-state index in [1.54, 1.807) is 7.85 Å². The van der Waals surface area contributed by atoms with Crippen LogP contribution < -0.4 is 0 Å². The summed E-state index contributed by atoms with van der Waals surface area (Å²) in [4.78, 5) is 0. The summed E-state index contributed by atoms with van der Waals surface area (Å²) in [5, 5.41) is 17.5. The van der Waals surface area contributed by atoms with Crippen LogP contribution in [0.25, 0.3) is 0 Å². The fourth-order valence-corrected chi connectivity index (χ4v) is 1.05. The lowest BCUT2D eigenvalue weighted by Crippen LogP contribution is -2.30. The van der Waals surface area contributed by atoms with Crippen molar-refractivity contribution < 1.29 is 19.3 Å². The number of alkyl halides is 1. The van der Waals surface area contributed by atoms with Crippen molar-refractivity contribution in [3.05, 3.63) is 0 Å². The molecule has 5 heteroatoms. The van der Waals surface area contributed by atoms with E-state index in [0.717, 1.165) is 0 Å². The van der Waals surface area contributed by atoms with E-state index >= 15 is 0 Å². The molecule has 1 aliphatic rings. The average molecular weight is 148 g/mol. The van der Waals surface area contributed by atoms with Crippen LogP contribution in [0, 0.1) is 0 Å². The summed E-state index contributed by atoms with van der Waals surface area (Å²) < 4.78 is 17.6. The first-order chi connectivity index (χ1) is 4.66. The topological polar surface area (TPSA) is 49.7 Å². The van der Waals surface area contributed by atoms with Gasteiger partial charge in [-0.3, -0.25) is 0 Å². The van der Waals surface area contributed by atoms with Gasteiger partial charge in [-0.05, 0) is 0 Å². The van der Waals surface area contributed by atoms with Crippen molar-refractivity contribution >= 4 is 7.85 Å². The molecule has 4 atom stereocenters. The summed E-state index contributed by atoms with van der Waals surface area (Å²) in [5.41, 5.74) is 0. The Kier molecular flexibility index (Phi) is 2.28. The number of hydrogen-bond acceptors (Lipinski definition) is 3. The van der Waals surface area contributed by atoms with Gasteiger partial charge in [0.05, 0.1) is 12.6 Å². The highest BCUT2D eigenvalue weighted by Gasteiger charge is 2.40. The van der Waals surface area contributed by atoms with E-state index in [2.05, 4.69) is 0 Å². The fraction of sp³-hybridized carbons (Fsp3) is 1.00. The molecule has 10 heavy (non-hydrogen) atoms. The first-order valence-electron chi connectivity index (χ1n) is 3.25. The van der Waals surface area contributed by atoms with Crippen LogP contribution in [0.5, 0.6) is 0 Å². The van der Waals surface area contributed by atoms with E-state index in [0.29, 0.717) is 0 Å². The molecule has 0 aliphatic carbocycles. The van der Waals surface area contributed by atoms with Crippen LogP contribution in [-0.2, 0) is 4.74 Å². The SMILES string of the molecule is B[C@@H]1O[C@H](CO)[C@@H](F)C1O. The number of aliphatic hydroxyl groups is 2. The average Bonchev–Trinajstić information content (AvgIpc) is 2.17. The minimum atomic E-state index is -1.44. The molecule has 0 saturated carbocycles. The molecule has 0 aromatic rings. The highest BCUT2D eigenvalue weighted by molar-refractivity contribution is 6.11. The van der Waals surface area contributed by atoms with E-state index in [1.807, 2.05) is 0 Å². The molecule has 0 amide bonds.